The molecule has 0 unspecified atom stereocenters. The monoisotopic (exact) mass is 239 g/mol. The number of nitrogens with two attached hydrogens (primary N) is 1. The third-order valence-electron chi connectivity index (χ3n) is 4.74. The maximum absolute atomic E-state index is 6.31. The summed E-state index contributed by atoms with van der Waals surface area (Å²) in [5.74, 6) is 0.815. The Bertz CT molecular complexity index is 203. The lowest BCUT2D eigenvalue weighted by Gasteiger charge is -2.34. The molecular formula is C15H29NO. The zero-order chi connectivity index (χ0) is 12.0. The third-order valence-corrected chi connectivity index (χ3v) is 4.74. The minimum absolute atomic E-state index is 0.0357. The van der Waals surface area contributed by atoms with Crippen LogP contribution in [0.2, 0.25) is 0 Å². The summed E-state index contributed by atoms with van der Waals surface area (Å²) in [7, 11) is 0. The lowest BCUT2D eigenvalue weighted by atomic mass is 9.89. The molecule has 0 aromatic rings. The van der Waals surface area contributed by atoms with Gasteiger partial charge < -0.3 is 10.5 Å². The van der Waals surface area contributed by atoms with Crippen molar-refractivity contribution in [2.75, 3.05) is 13.2 Å². The zero-order valence-electron chi connectivity index (χ0n) is 11.3. The molecule has 0 aromatic carbocycles. The van der Waals surface area contributed by atoms with Gasteiger partial charge in [0.15, 0.2) is 0 Å². The van der Waals surface area contributed by atoms with Crippen molar-refractivity contribution in [2.24, 2.45) is 11.7 Å². The summed E-state index contributed by atoms with van der Waals surface area (Å²) < 4.78 is 6.31. The van der Waals surface area contributed by atoms with E-state index in [1.807, 2.05) is 0 Å². The summed E-state index contributed by atoms with van der Waals surface area (Å²) in [5.41, 5.74) is 6.03. The topological polar surface area (TPSA) is 35.2 Å². The van der Waals surface area contributed by atoms with Crippen molar-refractivity contribution in [3.05, 3.63) is 0 Å². The lowest BCUT2D eigenvalue weighted by molar-refractivity contribution is -0.0682. The minimum atomic E-state index is 0.0357. The largest absolute Gasteiger partial charge is 0.373 e. The average molecular weight is 239 g/mol. The van der Waals surface area contributed by atoms with Crippen LogP contribution in [-0.2, 0) is 4.74 Å². The van der Waals surface area contributed by atoms with Crippen LogP contribution < -0.4 is 5.73 Å². The van der Waals surface area contributed by atoms with E-state index in [-0.39, 0.29) is 5.60 Å². The van der Waals surface area contributed by atoms with Crippen LogP contribution in [0.3, 0.4) is 0 Å². The molecule has 2 nitrogen and oxygen atoms in total. The Labute approximate surface area is 106 Å². The summed E-state index contributed by atoms with van der Waals surface area (Å²) in [5, 5.41) is 0. The predicted octanol–water partition coefficient (Wildman–Crippen LogP) is 3.64. The highest BCUT2D eigenvalue weighted by Gasteiger charge is 2.31. The van der Waals surface area contributed by atoms with Crippen molar-refractivity contribution in [1.82, 2.24) is 0 Å². The summed E-state index contributed by atoms with van der Waals surface area (Å²) >= 11 is 0. The first kappa shape index (κ1) is 13.4. The average Bonchev–Trinajstić information content (AvgIpc) is 2.64. The van der Waals surface area contributed by atoms with Gasteiger partial charge in [-0.15, -0.1) is 0 Å². The van der Waals surface area contributed by atoms with Crippen LogP contribution in [0.4, 0.5) is 0 Å². The van der Waals surface area contributed by atoms with E-state index in [2.05, 4.69) is 0 Å². The van der Waals surface area contributed by atoms with Gasteiger partial charge in [0.25, 0.3) is 0 Å². The van der Waals surface area contributed by atoms with Crippen LogP contribution >= 0.6 is 0 Å². The van der Waals surface area contributed by atoms with Crippen LogP contribution in [0, 0.1) is 5.92 Å². The van der Waals surface area contributed by atoms with E-state index < -0.39 is 0 Å². The smallest absolute Gasteiger partial charge is 0.0804 e. The van der Waals surface area contributed by atoms with E-state index >= 15 is 0 Å². The molecule has 0 heterocycles. The molecule has 2 aliphatic carbocycles. The molecule has 2 N–H and O–H groups in total. The van der Waals surface area contributed by atoms with Crippen LogP contribution in [0.15, 0.2) is 0 Å². The summed E-state index contributed by atoms with van der Waals surface area (Å²) in [6.07, 6.45) is 14.7. The summed E-state index contributed by atoms with van der Waals surface area (Å²) in [6, 6.07) is 0. The Hall–Kier alpha value is -0.0800. The fraction of sp³-hybridized carbons (Fsp3) is 1.00. The molecule has 17 heavy (non-hydrogen) atoms. The highest BCUT2D eigenvalue weighted by Crippen LogP contribution is 2.32. The Morgan fingerprint density at radius 3 is 2.06 bits per heavy atom. The van der Waals surface area contributed by atoms with Gasteiger partial charge in [0.2, 0.25) is 0 Å². The van der Waals surface area contributed by atoms with Crippen molar-refractivity contribution in [3.63, 3.8) is 0 Å². The van der Waals surface area contributed by atoms with Gasteiger partial charge in [-0.05, 0) is 31.6 Å². The molecule has 2 rings (SSSR count). The van der Waals surface area contributed by atoms with Gasteiger partial charge in [-0.25, -0.2) is 0 Å². The van der Waals surface area contributed by atoms with Gasteiger partial charge in [-0.1, -0.05) is 44.9 Å². The maximum atomic E-state index is 6.31. The maximum Gasteiger partial charge on any atom is 0.0804 e. The van der Waals surface area contributed by atoms with E-state index in [4.69, 9.17) is 10.5 Å². The molecule has 2 heteroatoms. The predicted molar refractivity (Wildman–Crippen MR) is 72.0 cm³/mol. The molecule has 2 saturated carbocycles. The normalized spacial score (nSPS) is 26.6. The van der Waals surface area contributed by atoms with Crippen LogP contribution in [0.5, 0.6) is 0 Å². The molecule has 2 fully saturated rings. The molecule has 0 radical (unpaired) electrons. The van der Waals surface area contributed by atoms with E-state index in [0.29, 0.717) is 0 Å². The molecule has 2 aliphatic rings. The van der Waals surface area contributed by atoms with Crippen LogP contribution in [0.1, 0.15) is 70.6 Å². The van der Waals surface area contributed by atoms with Gasteiger partial charge in [-0.3, -0.25) is 0 Å². The lowest BCUT2D eigenvalue weighted by Crippen LogP contribution is -2.41. The molecule has 0 aliphatic heterocycles. The summed E-state index contributed by atoms with van der Waals surface area (Å²) in [6.45, 7) is 1.69. The van der Waals surface area contributed by atoms with E-state index in [0.717, 1.165) is 19.1 Å². The highest BCUT2D eigenvalue weighted by molar-refractivity contribution is 4.84. The van der Waals surface area contributed by atoms with Crippen LogP contribution in [-0.4, -0.2) is 18.8 Å². The van der Waals surface area contributed by atoms with E-state index in [1.165, 1.54) is 70.6 Å². The third kappa shape index (κ3) is 3.96. The highest BCUT2D eigenvalue weighted by atomic mass is 16.5. The molecular weight excluding hydrogens is 210 g/mol. The fourth-order valence-electron chi connectivity index (χ4n) is 3.43. The summed E-state index contributed by atoms with van der Waals surface area (Å²) in [4.78, 5) is 0. The second-order valence-corrected chi connectivity index (χ2v) is 6.12. The van der Waals surface area contributed by atoms with Gasteiger partial charge >= 0.3 is 0 Å². The Balaban J connectivity index is 1.80. The van der Waals surface area contributed by atoms with Gasteiger partial charge in [0.05, 0.1) is 12.2 Å². The second-order valence-electron chi connectivity index (χ2n) is 6.12. The van der Waals surface area contributed by atoms with Gasteiger partial charge in [0.1, 0.15) is 0 Å². The number of hydrogen-bond acceptors (Lipinski definition) is 2. The quantitative estimate of drug-likeness (QED) is 0.760. The van der Waals surface area contributed by atoms with Gasteiger partial charge in [0, 0.05) is 6.54 Å². The molecule has 100 valence electrons. The first-order valence-corrected chi connectivity index (χ1v) is 7.69. The number of hydrogen-bond donors (Lipinski definition) is 1. The minimum Gasteiger partial charge on any atom is -0.373 e. The second kappa shape index (κ2) is 6.75. The molecule has 0 amide bonds. The number of ether oxygens (including phenoxy) is 1. The van der Waals surface area contributed by atoms with Gasteiger partial charge in [-0.2, -0.15) is 0 Å². The molecule has 0 spiro atoms. The standard InChI is InChI=1S/C15H29NO/c16-13-15(10-6-1-2-7-11-15)17-12-14-8-4-3-5-9-14/h14H,1-13,16H2. The van der Waals surface area contributed by atoms with Crippen molar-refractivity contribution in [1.29, 1.82) is 0 Å². The fourth-order valence-corrected chi connectivity index (χ4v) is 3.43. The molecule has 0 aromatic heterocycles. The first-order valence-electron chi connectivity index (χ1n) is 7.69. The number of rotatable bonds is 4. The van der Waals surface area contributed by atoms with Crippen molar-refractivity contribution >= 4 is 0 Å². The zero-order valence-corrected chi connectivity index (χ0v) is 11.3. The van der Waals surface area contributed by atoms with E-state index in [1.54, 1.807) is 0 Å². The van der Waals surface area contributed by atoms with Crippen molar-refractivity contribution in [3.8, 4) is 0 Å². The first-order chi connectivity index (χ1) is 8.35. The Morgan fingerprint density at radius 1 is 0.882 bits per heavy atom. The Morgan fingerprint density at radius 2 is 1.47 bits per heavy atom. The molecule has 0 atom stereocenters. The SMILES string of the molecule is NCC1(OCC2CCCCC2)CCCCCC1. The molecule has 0 bridgehead atoms. The van der Waals surface area contributed by atoms with Crippen molar-refractivity contribution in [2.45, 2.75) is 76.2 Å². The van der Waals surface area contributed by atoms with Crippen LogP contribution in [0.25, 0.3) is 0 Å². The van der Waals surface area contributed by atoms with Crippen molar-refractivity contribution < 1.29 is 4.74 Å². The molecule has 0 saturated heterocycles. The Kier molecular flexibility index (Phi) is 5.30. The van der Waals surface area contributed by atoms with E-state index in [9.17, 15) is 0 Å².